The maximum Gasteiger partial charge on any atom is 0.312 e. The maximum atomic E-state index is 12.4. The molecule has 0 spiro atoms. The van der Waals surface area contributed by atoms with Crippen LogP contribution in [-0.2, 0) is 9.53 Å². The summed E-state index contributed by atoms with van der Waals surface area (Å²) in [6, 6.07) is 0. The Morgan fingerprint density at radius 2 is 0.814 bits per heavy atom. The third-order valence-corrected chi connectivity index (χ3v) is 9.39. The summed E-state index contributed by atoms with van der Waals surface area (Å²) in [5, 5.41) is 10.7. The topological polar surface area (TPSA) is 46.5 Å². The fraction of sp³-hybridized carbons (Fsp3) is 0.875. The molecular formula is C40H74O3. The van der Waals surface area contributed by atoms with Crippen LogP contribution in [0.5, 0.6) is 0 Å². The van der Waals surface area contributed by atoms with Crippen molar-refractivity contribution in [2.45, 2.75) is 219 Å². The summed E-state index contributed by atoms with van der Waals surface area (Å²) in [4.78, 5) is 12.4. The van der Waals surface area contributed by atoms with Crippen molar-refractivity contribution in [3.8, 4) is 0 Å². The molecule has 0 saturated carbocycles. The van der Waals surface area contributed by atoms with Crippen LogP contribution >= 0.6 is 0 Å². The average Bonchev–Trinajstić information content (AvgIpc) is 3.28. The van der Waals surface area contributed by atoms with E-state index in [0.717, 1.165) is 38.5 Å². The average molecular weight is 603 g/mol. The van der Waals surface area contributed by atoms with E-state index in [-0.39, 0.29) is 18.0 Å². The van der Waals surface area contributed by atoms with E-state index in [1.807, 2.05) is 0 Å². The standard InChI is InChI=1S/C40H74O3/c1-3-5-7-9-11-13-15-17-19-20-22-24-26-28-30-32-34-36-38-39(41)37(40(42)43-38)35-33-31-29-27-25-23-21-18-16-14-12-10-8-6-4-2/h12,14,25,27,37-39,41H,3-11,13,15-24,26,28-36H2,1-2H3. The van der Waals surface area contributed by atoms with Gasteiger partial charge in [0.1, 0.15) is 12.2 Å². The Kier molecular flexibility index (Phi) is 28.7. The predicted molar refractivity (Wildman–Crippen MR) is 188 cm³/mol. The number of cyclic esters (lactones) is 1. The lowest BCUT2D eigenvalue weighted by Gasteiger charge is -2.15. The fourth-order valence-corrected chi connectivity index (χ4v) is 6.43. The molecule has 1 heterocycles. The molecular weight excluding hydrogens is 528 g/mol. The molecule has 3 nitrogen and oxygen atoms in total. The molecule has 1 aliphatic heterocycles. The van der Waals surface area contributed by atoms with Crippen LogP contribution in [0.4, 0.5) is 0 Å². The third kappa shape index (κ3) is 23.9. The van der Waals surface area contributed by atoms with Crippen LogP contribution < -0.4 is 0 Å². The lowest BCUT2D eigenvalue weighted by atomic mass is 9.93. The van der Waals surface area contributed by atoms with E-state index in [1.165, 1.54) is 154 Å². The highest BCUT2D eigenvalue weighted by Gasteiger charge is 2.42. The third-order valence-electron chi connectivity index (χ3n) is 9.39. The first-order chi connectivity index (χ1) is 21.2. The Labute approximate surface area is 269 Å². The number of carbonyl (C=O) groups is 1. The minimum atomic E-state index is -0.607. The largest absolute Gasteiger partial charge is 0.459 e. The first-order valence-corrected chi connectivity index (χ1v) is 19.4. The molecule has 252 valence electrons. The van der Waals surface area contributed by atoms with Crippen molar-refractivity contribution < 1.29 is 14.6 Å². The molecule has 1 N–H and O–H groups in total. The van der Waals surface area contributed by atoms with Gasteiger partial charge in [-0.1, -0.05) is 160 Å². The zero-order valence-corrected chi connectivity index (χ0v) is 29.0. The number of aliphatic hydroxyl groups is 1. The SMILES string of the molecule is CCCCCC=CCCCCC=CCCCCC1C(=O)OC(CCCCCCCCCCCCCCCCCCC)C1O. The maximum absolute atomic E-state index is 12.4. The van der Waals surface area contributed by atoms with Gasteiger partial charge >= 0.3 is 5.97 Å². The van der Waals surface area contributed by atoms with Gasteiger partial charge in [0, 0.05) is 0 Å². The molecule has 3 atom stereocenters. The lowest BCUT2D eigenvalue weighted by molar-refractivity contribution is -0.144. The number of carbonyl (C=O) groups excluding carboxylic acids is 1. The Balaban J connectivity index is 1.90. The number of hydrogen-bond donors (Lipinski definition) is 1. The second-order valence-corrected chi connectivity index (χ2v) is 13.5. The molecule has 0 aromatic carbocycles. The van der Waals surface area contributed by atoms with Crippen molar-refractivity contribution in [3.63, 3.8) is 0 Å². The minimum Gasteiger partial charge on any atom is -0.459 e. The Hall–Kier alpha value is -1.09. The normalized spacial score (nSPS) is 18.9. The predicted octanol–water partition coefficient (Wildman–Crippen LogP) is 12.7. The highest BCUT2D eigenvalue weighted by Crippen LogP contribution is 2.30. The van der Waals surface area contributed by atoms with Crippen LogP contribution in [0.2, 0.25) is 0 Å². The van der Waals surface area contributed by atoms with Crippen molar-refractivity contribution in [1.29, 1.82) is 0 Å². The van der Waals surface area contributed by atoms with Crippen molar-refractivity contribution >= 4 is 5.97 Å². The van der Waals surface area contributed by atoms with Gasteiger partial charge in [0.05, 0.1) is 5.92 Å². The smallest absolute Gasteiger partial charge is 0.312 e. The van der Waals surface area contributed by atoms with Gasteiger partial charge < -0.3 is 9.84 Å². The van der Waals surface area contributed by atoms with E-state index < -0.39 is 6.10 Å². The summed E-state index contributed by atoms with van der Waals surface area (Å²) in [5.41, 5.74) is 0. The lowest BCUT2D eigenvalue weighted by Crippen LogP contribution is -2.26. The number of hydrogen-bond acceptors (Lipinski definition) is 3. The van der Waals surface area contributed by atoms with Crippen LogP contribution in [0.25, 0.3) is 0 Å². The fourth-order valence-electron chi connectivity index (χ4n) is 6.43. The van der Waals surface area contributed by atoms with Crippen molar-refractivity contribution in [1.82, 2.24) is 0 Å². The number of unbranched alkanes of at least 4 members (excludes halogenated alkanes) is 24. The summed E-state index contributed by atoms with van der Waals surface area (Å²) in [6.07, 6.45) is 46.5. The van der Waals surface area contributed by atoms with E-state index in [1.54, 1.807) is 0 Å². The van der Waals surface area contributed by atoms with Gasteiger partial charge in [0.2, 0.25) is 0 Å². The first kappa shape index (κ1) is 39.9. The summed E-state index contributed by atoms with van der Waals surface area (Å²) in [6.45, 7) is 4.54. The van der Waals surface area contributed by atoms with Gasteiger partial charge in [-0.3, -0.25) is 4.79 Å². The van der Waals surface area contributed by atoms with Crippen LogP contribution in [0.3, 0.4) is 0 Å². The summed E-state index contributed by atoms with van der Waals surface area (Å²) in [5.74, 6) is -0.478. The summed E-state index contributed by atoms with van der Waals surface area (Å²) < 4.78 is 5.58. The number of aliphatic hydroxyl groups excluding tert-OH is 1. The Morgan fingerprint density at radius 3 is 1.26 bits per heavy atom. The number of allylic oxidation sites excluding steroid dienone is 4. The molecule has 0 aromatic rings. The van der Waals surface area contributed by atoms with Crippen molar-refractivity contribution in [3.05, 3.63) is 24.3 Å². The molecule has 1 saturated heterocycles. The van der Waals surface area contributed by atoms with Gasteiger partial charge in [-0.2, -0.15) is 0 Å². The van der Waals surface area contributed by atoms with E-state index >= 15 is 0 Å². The molecule has 0 aliphatic carbocycles. The summed E-state index contributed by atoms with van der Waals surface area (Å²) >= 11 is 0. The van der Waals surface area contributed by atoms with Gasteiger partial charge in [0.15, 0.2) is 0 Å². The molecule has 3 unspecified atom stereocenters. The molecule has 0 amide bonds. The van der Waals surface area contributed by atoms with Crippen LogP contribution in [0, 0.1) is 5.92 Å². The second kappa shape index (κ2) is 30.9. The van der Waals surface area contributed by atoms with Crippen LogP contribution in [0.1, 0.15) is 206 Å². The molecule has 1 rings (SSSR count). The zero-order valence-electron chi connectivity index (χ0n) is 29.0. The number of ether oxygens (including phenoxy) is 1. The van der Waals surface area contributed by atoms with Gasteiger partial charge in [-0.05, 0) is 70.6 Å². The highest BCUT2D eigenvalue weighted by atomic mass is 16.6. The molecule has 0 bridgehead atoms. The van der Waals surface area contributed by atoms with E-state index in [4.69, 9.17) is 4.74 Å². The second-order valence-electron chi connectivity index (χ2n) is 13.5. The zero-order chi connectivity index (χ0) is 31.1. The molecule has 0 aromatic heterocycles. The quantitative estimate of drug-likeness (QED) is 0.0473. The first-order valence-electron chi connectivity index (χ1n) is 19.4. The Bertz CT molecular complexity index is 654. The molecule has 43 heavy (non-hydrogen) atoms. The monoisotopic (exact) mass is 603 g/mol. The van der Waals surface area contributed by atoms with E-state index in [9.17, 15) is 9.90 Å². The van der Waals surface area contributed by atoms with Crippen LogP contribution in [0.15, 0.2) is 24.3 Å². The van der Waals surface area contributed by atoms with Gasteiger partial charge in [0.25, 0.3) is 0 Å². The number of rotatable bonds is 32. The molecule has 1 fully saturated rings. The molecule has 3 heteroatoms. The van der Waals surface area contributed by atoms with E-state index in [0.29, 0.717) is 0 Å². The van der Waals surface area contributed by atoms with E-state index in [2.05, 4.69) is 38.2 Å². The Morgan fingerprint density at radius 1 is 0.488 bits per heavy atom. The van der Waals surface area contributed by atoms with Crippen molar-refractivity contribution in [2.75, 3.05) is 0 Å². The number of esters is 1. The van der Waals surface area contributed by atoms with Gasteiger partial charge in [-0.25, -0.2) is 0 Å². The van der Waals surface area contributed by atoms with Gasteiger partial charge in [-0.15, -0.1) is 0 Å². The van der Waals surface area contributed by atoms with Crippen molar-refractivity contribution in [2.24, 2.45) is 5.92 Å². The molecule has 1 aliphatic rings. The molecule has 0 radical (unpaired) electrons. The minimum absolute atomic E-state index is 0.167. The highest BCUT2D eigenvalue weighted by molar-refractivity contribution is 5.75. The summed E-state index contributed by atoms with van der Waals surface area (Å²) in [7, 11) is 0. The van der Waals surface area contributed by atoms with Crippen LogP contribution in [-0.4, -0.2) is 23.3 Å².